The Labute approximate surface area is 146 Å². The summed E-state index contributed by atoms with van der Waals surface area (Å²) in [5, 5.41) is 15.5. The molecule has 1 heterocycles. The van der Waals surface area contributed by atoms with E-state index in [2.05, 4.69) is 5.32 Å². The minimum absolute atomic E-state index is 0.121. The molecule has 1 aliphatic rings. The summed E-state index contributed by atoms with van der Waals surface area (Å²) >= 11 is 0. The zero-order valence-electron chi connectivity index (χ0n) is 13.7. The van der Waals surface area contributed by atoms with E-state index in [-0.39, 0.29) is 18.4 Å². The monoisotopic (exact) mass is 333 g/mol. The first-order valence-electron chi connectivity index (χ1n) is 8.38. The van der Waals surface area contributed by atoms with Gasteiger partial charge in [0.15, 0.2) is 0 Å². The largest absolute Gasteiger partial charge is 0.492 e. The highest BCUT2D eigenvalue weighted by Crippen LogP contribution is 2.33. The number of aliphatic hydroxyl groups is 1. The fraction of sp³-hybridized carbons (Fsp3) is 0.190. The van der Waals surface area contributed by atoms with E-state index in [1.807, 2.05) is 66.7 Å². The molecule has 4 heteroatoms. The second-order valence-electron chi connectivity index (χ2n) is 6.27. The summed E-state index contributed by atoms with van der Waals surface area (Å²) in [6.07, 6.45) is -0.744. The van der Waals surface area contributed by atoms with Crippen LogP contribution in [-0.2, 0) is 4.79 Å². The Morgan fingerprint density at radius 3 is 2.72 bits per heavy atom. The molecular formula is C21H19NO3. The topological polar surface area (TPSA) is 58.6 Å². The quantitative estimate of drug-likeness (QED) is 0.771. The molecule has 0 saturated heterocycles. The van der Waals surface area contributed by atoms with Gasteiger partial charge in [-0.1, -0.05) is 54.6 Å². The van der Waals surface area contributed by atoms with Gasteiger partial charge in [0.05, 0.1) is 6.10 Å². The minimum Gasteiger partial charge on any atom is -0.492 e. The fourth-order valence-corrected chi connectivity index (χ4v) is 3.23. The second-order valence-corrected chi connectivity index (χ2v) is 6.27. The van der Waals surface area contributed by atoms with Gasteiger partial charge in [-0.2, -0.15) is 0 Å². The molecule has 2 N–H and O–H groups in total. The van der Waals surface area contributed by atoms with Gasteiger partial charge in [-0.25, -0.2) is 0 Å². The SMILES string of the molecule is O=C(NCC(O)c1ccc2ccccc2c1)C1COc2ccccc21. The molecule has 0 aromatic heterocycles. The third kappa shape index (κ3) is 3.08. The number of ether oxygens (including phenoxy) is 1. The summed E-state index contributed by atoms with van der Waals surface area (Å²) in [5.41, 5.74) is 1.70. The maximum atomic E-state index is 12.5. The summed E-state index contributed by atoms with van der Waals surface area (Å²) in [5.74, 6) is 0.322. The number of para-hydroxylation sites is 1. The van der Waals surface area contributed by atoms with Crippen molar-refractivity contribution in [1.29, 1.82) is 0 Å². The lowest BCUT2D eigenvalue weighted by atomic mass is 10.00. The predicted molar refractivity (Wildman–Crippen MR) is 96.6 cm³/mol. The number of benzene rings is 3. The molecule has 0 saturated carbocycles. The van der Waals surface area contributed by atoms with Crippen LogP contribution in [0.1, 0.15) is 23.1 Å². The fourth-order valence-electron chi connectivity index (χ4n) is 3.23. The summed E-state index contributed by atoms with van der Waals surface area (Å²) < 4.78 is 5.55. The van der Waals surface area contributed by atoms with Crippen molar-refractivity contribution in [2.75, 3.05) is 13.2 Å². The van der Waals surface area contributed by atoms with Crippen LogP contribution in [0.4, 0.5) is 0 Å². The Bertz CT molecular complexity index is 922. The van der Waals surface area contributed by atoms with Crippen molar-refractivity contribution in [1.82, 2.24) is 5.32 Å². The van der Waals surface area contributed by atoms with Crippen molar-refractivity contribution < 1.29 is 14.6 Å². The maximum Gasteiger partial charge on any atom is 0.231 e. The first-order chi connectivity index (χ1) is 12.2. The van der Waals surface area contributed by atoms with Crippen LogP contribution in [-0.4, -0.2) is 24.2 Å². The maximum absolute atomic E-state index is 12.5. The van der Waals surface area contributed by atoms with Crippen molar-refractivity contribution >= 4 is 16.7 Å². The van der Waals surface area contributed by atoms with Crippen LogP contribution >= 0.6 is 0 Å². The first-order valence-corrected chi connectivity index (χ1v) is 8.38. The molecule has 2 unspecified atom stereocenters. The van der Waals surface area contributed by atoms with Crippen LogP contribution in [0.3, 0.4) is 0 Å². The van der Waals surface area contributed by atoms with E-state index in [0.29, 0.717) is 6.61 Å². The molecule has 3 aromatic carbocycles. The zero-order chi connectivity index (χ0) is 17.2. The minimum atomic E-state index is -0.744. The van der Waals surface area contributed by atoms with Gasteiger partial charge in [0, 0.05) is 12.1 Å². The number of fused-ring (bicyclic) bond motifs is 2. The summed E-state index contributed by atoms with van der Waals surface area (Å²) in [7, 11) is 0. The second kappa shape index (κ2) is 6.57. The zero-order valence-corrected chi connectivity index (χ0v) is 13.7. The molecule has 0 aliphatic carbocycles. The number of hydrogen-bond acceptors (Lipinski definition) is 3. The van der Waals surface area contributed by atoms with Crippen molar-refractivity contribution in [3.8, 4) is 5.75 Å². The third-order valence-electron chi connectivity index (χ3n) is 4.64. The van der Waals surface area contributed by atoms with Gasteiger partial charge >= 0.3 is 0 Å². The highest BCUT2D eigenvalue weighted by Gasteiger charge is 2.30. The first kappa shape index (κ1) is 15.7. The molecule has 4 rings (SSSR count). The van der Waals surface area contributed by atoms with Crippen LogP contribution in [0.5, 0.6) is 5.75 Å². The Morgan fingerprint density at radius 1 is 1.08 bits per heavy atom. The van der Waals surface area contributed by atoms with Crippen LogP contribution in [0, 0.1) is 0 Å². The van der Waals surface area contributed by atoms with E-state index in [9.17, 15) is 9.90 Å². The number of nitrogens with one attached hydrogen (secondary N) is 1. The van der Waals surface area contributed by atoms with Crippen molar-refractivity contribution in [3.05, 3.63) is 77.9 Å². The molecule has 4 nitrogen and oxygen atoms in total. The summed E-state index contributed by atoms with van der Waals surface area (Å²) in [4.78, 5) is 12.5. The van der Waals surface area contributed by atoms with E-state index < -0.39 is 6.10 Å². The van der Waals surface area contributed by atoms with Gasteiger partial charge in [-0.05, 0) is 28.5 Å². The highest BCUT2D eigenvalue weighted by atomic mass is 16.5. The van der Waals surface area contributed by atoms with E-state index in [0.717, 1.165) is 27.6 Å². The van der Waals surface area contributed by atoms with Crippen LogP contribution < -0.4 is 10.1 Å². The number of rotatable bonds is 4. The number of aliphatic hydroxyl groups excluding tert-OH is 1. The van der Waals surface area contributed by atoms with Crippen LogP contribution in [0.2, 0.25) is 0 Å². The van der Waals surface area contributed by atoms with E-state index >= 15 is 0 Å². The van der Waals surface area contributed by atoms with Crippen LogP contribution in [0.15, 0.2) is 66.7 Å². The Balaban J connectivity index is 1.43. The van der Waals surface area contributed by atoms with E-state index in [4.69, 9.17) is 4.74 Å². The van der Waals surface area contributed by atoms with Gasteiger partial charge in [0.2, 0.25) is 5.91 Å². The van der Waals surface area contributed by atoms with Crippen molar-refractivity contribution in [2.24, 2.45) is 0 Å². The molecule has 2 atom stereocenters. The van der Waals surface area contributed by atoms with Crippen LogP contribution in [0.25, 0.3) is 10.8 Å². The molecule has 0 spiro atoms. The standard InChI is InChI=1S/C21H19NO3/c23-19(16-10-9-14-5-1-2-6-15(14)11-16)12-22-21(24)18-13-25-20-8-4-3-7-17(18)20/h1-11,18-19,23H,12-13H2,(H,22,24). The Kier molecular flexibility index (Phi) is 4.12. The van der Waals surface area contributed by atoms with E-state index in [1.54, 1.807) is 0 Å². The Morgan fingerprint density at radius 2 is 1.84 bits per heavy atom. The van der Waals surface area contributed by atoms with Gasteiger partial charge < -0.3 is 15.2 Å². The molecule has 0 radical (unpaired) electrons. The smallest absolute Gasteiger partial charge is 0.231 e. The average molecular weight is 333 g/mol. The van der Waals surface area contributed by atoms with Gasteiger partial charge in [0.1, 0.15) is 18.3 Å². The lowest BCUT2D eigenvalue weighted by Crippen LogP contribution is -2.33. The molecule has 126 valence electrons. The molecule has 0 bridgehead atoms. The Hall–Kier alpha value is -2.85. The highest BCUT2D eigenvalue weighted by molar-refractivity contribution is 5.85. The third-order valence-corrected chi connectivity index (χ3v) is 4.64. The van der Waals surface area contributed by atoms with E-state index in [1.165, 1.54) is 0 Å². The molecule has 1 amide bonds. The lowest BCUT2D eigenvalue weighted by molar-refractivity contribution is -0.123. The summed E-state index contributed by atoms with van der Waals surface area (Å²) in [6, 6.07) is 21.4. The van der Waals surface area contributed by atoms with Crippen molar-refractivity contribution in [3.63, 3.8) is 0 Å². The number of amides is 1. The molecule has 3 aromatic rings. The lowest BCUT2D eigenvalue weighted by Gasteiger charge is -2.15. The number of hydrogen-bond donors (Lipinski definition) is 2. The normalized spacial score (nSPS) is 16.9. The number of carbonyl (C=O) groups is 1. The van der Waals surface area contributed by atoms with Gasteiger partial charge in [-0.3, -0.25) is 4.79 Å². The molecule has 25 heavy (non-hydrogen) atoms. The molecule has 0 fully saturated rings. The van der Waals surface area contributed by atoms with Crippen molar-refractivity contribution in [2.45, 2.75) is 12.0 Å². The molecule has 1 aliphatic heterocycles. The number of carbonyl (C=O) groups excluding carboxylic acids is 1. The van der Waals surface area contributed by atoms with Gasteiger partial charge in [0.25, 0.3) is 0 Å². The molecular weight excluding hydrogens is 314 g/mol. The predicted octanol–water partition coefficient (Wildman–Crippen LogP) is 3.17. The van der Waals surface area contributed by atoms with Gasteiger partial charge in [-0.15, -0.1) is 0 Å². The summed E-state index contributed by atoms with van der Waals surface area (Å²) in [6.45, 7) is 0.521. The average Bonchev–Trinajstić information content (AvgIpc) is 3.09.